The third kappa shape index (κ3) is 4.28. The molecule has 0 fully saturated rings. The first-order valence-corrected chi connectivity index (χ1v) is 11.4. The Morgan fingerprint density at radius 3 is 2.56 bits per heavy atom. The number of sulfonamides is 1. The first-order valence-electron chi connectivity index (χ1n) is 9.59. The standard InChI is InChI=1S/C23H19ClN2O5S/c1-2-12-26(17-6-4-3-5-7-17)32(28,29)18-9-10-20(24)19(14-18)23(27)25-16-8-11-21-22(13-16)31-15-30-21/h2-11,13-14H,1,12,15H2,(H,25,27). The Morgan fingerprint density at radius 1 is 1.06 bits per heavy atom. The van der Waals surface area contributed by atoms with Gasteiger partial charge in [-0.2, -0.15) is 0 Å². The van der Waals surface area contributed by atoms with Gasteiger partial charge < -0.3 is 14.8 Å². The second-order valence-corrected chi connectivity index (χ2v) is 9.09. The lowest BCUT2D eigenvalue weighted by molar-refractivity contribution is 0.102. The van der Waals surface area contributed by atoms with E-state index < -0.39 is 15.9 Å². The van der Waals surface area contributed by atoms with Gasteiger partial charge in [-0.15, -0.1) is 6.58 Å². The molecule has 9 heteroatoms. The van der Waals surface area contributed by atoms with Crippen molar-refractivity contribution in [3.63, 3.8) is 0 Å². The van der Waals surface area contributed by atoms with Crippen molar-refractivity contribution < 1.29 is 22.7 Å². The van der Waals surface area contributed by atoms with E-state index in [1.807, 2.05) is 0 Å². The Labute approximate surface area is 190 Å². The SMILES string of the molecule is C=CCN(c1ccccc1)S(=O)(=O)c1ccc(Cl)c(C(=O)Nc2ccc3c(c2)OCO3)c1. The van der Waals surface area contributed by atoms with Gasteiger partial charge in [0.05, 0.1) is 27.7 Å². The number of rotatable bonds is 7. The summed E-state index contributed by atoms with van der Waals surface area (Å²) in [6.45, 7) is 3.83. The van der Waals surface area contributed by atoms with E-state index in [2.05, 4.69) is 11.9 Å². The number of nitrogens with zero attached hydrogens (tertiary/aromatic N) is 1. The fourth-order valence-electron chi connectivity index (χ4n) is 3.19. The summed E-state index contributed by atoms with van der Waals surface area (Å²) < 4.78 is 38.5. The topological polar surface area (TPSA) is 84.9 Å². The van der Waals surface area contributed by atoms with E-state index in [9.17, 15) is 13.2 Å². The first-order chi connectivity index (χ1) is 15.4. The van der Waals surface area contributed by atoms with Crippen LogP contribution in [0.1, 0.15) is 10.4 Å². The molecule has 0 unspecified atom stereocenters. The maximum absolute atomic E-state index is 13.4. The van der Waals surface area contributed by atoms with Gasteiger partial charge >= 0.3 is 0 Å². The predicted molar refractivity (Wildman–Crippen MR) is 123 cm³/mol. The molecule has 7 nitrogen and oxygen atoms in total. The van der Waals surface area contributed by atoms with Crippen LogP contribution in [0.4, 0.5) is 11.4 Å². The van der Waals surface area contributed by atoms with Crippen molar-refractivity contribution in [2.24, 2.45) is 0 Å². The minimum Gasteiger partial charge on any atom is -0.454 e. The molecule has 1 aliphatic rings. The summed E-state index contributed by atoms with van der Waals surface area (Å²) in [5, 5.41) is 2.83. The molecular formula is C23H19ClN2O5S. The molecule has 32 heavy (non-hydrogen) atoms. The van der Waals surface area contributed by atoms with Gasteiger partial charge in [-0.3, -0.25) is 9.10 Å². The summed E-state index contributed by atoms with van der Waals surface area (Å²) in [6.07, 6.45) is 1.49. The van der Waals surface area contributed by atoms with E-state index in [4.69, 9.17) is 21.1 Å². The van der Waals surface area contributed by atoms with Crippen molar-refractivity contribution in [3.8, 4) is 11.5 Å². The van der Waals surface area contributed by atoms with Crippen molar-refractivity contribution in [3.05, 3.63) is 90.0 Å². The molecule has 0 atom stereocenters. The molecule has 0 saturated carbocycles. The Kier molecular flexibility index (Phi) is 6.07. The monoisotopic (exact) mass is 470 g/mol. The highest BCUT2D eigenvalue weighted by molar-refractivity contribution is 7.92. The van der Waals surface area contributed by atoms with Crippen LogP contribution in [0.25, 0.3) is 0 Å². The Balaban J connectivity index is 1.65. The molecule has 0 spiro atoms. The van der Waals surface area contributed by atoms with Crippen LogP contribution in [0, 0.1) is 0 Å². The van der Waals surface area contributed by atoms with Crippen LogP contribution >= 0.6 is 11.6 Å². The number of fused-ring (bicyclic) bond motifs is 1. The number of para-hydroxylation sites is 1. The average Bonchev–Trinajstić information content (AvgIpc) is 3.26. The quantitative estimate of drug-likeness (QED) is 0.506. The molecule has 1 amide bonds. The van der Waals surface area contributed by atoms with Gasteiger partial charge in [-0.1, -0.05) is 35.9 Å². The number of hydrogen-bond acceptors (Lipinski definition) is 5. The fourth-order valence-corrected chi connectivity index (χ4v) is 4.86. The summed E-state index contributed by atoms with van der Waals surface area (Å²) in [6, 6.07) is 17.6. The molecule has 0 aliphatic carbocycles. The van der Waals surface area contributed by atoms with Gasteiger partial charge in [0.25, 0.3) is 15.9 Å². The minimum atomic E-state index is -3.98. The highest BCUT2D eigenvalue weighted by Gasteiger charge is 2.26. The number of hydrogen-bond donors (Lipinski definition) is 1. The molecule has 1 heterocycles. The van der Waals surface area contributed by atoms with Crippen LogP contribution in [0.3, 0.4) is 0 Å². The molecule has 4 rings (SSSR count). The van der Waals surface area contributed by atoms with E-state index in [-0.39, 0.29) is 28.8 Å². The van der Waals surface area contributed by atoms with Gasteiger partial charge in [0, 0.05) is 11.8 Å². The maximum atomic E-state index is 13.4. The van der Waals surface area contributed by atoms with Gasteiger partial charge in [-0.25, -0.2) is 8.42 Å². The second-order valence-electron chi connectivity index (χ2n) is 6.82. The smallest absolute Gasteiger partial charge is 0.264 e. The highest BCUT2D eigenvalue weighted by Crippen LogP contribution is 2.34. The molecule has 0 bridgehead atoms. The van der Waals surface area contributed by atoms with Crippen LogP contribution in [0.15, 0.2) is 84.3 Å². The van der Waals surface area contributed by atoms with Crippen molar-refractivity contribution in [1.82, 2.24) is 0 Å². The molecule has 0 aromatic heterocycles. The number of anilines is 2. The van der Waals surface area contributed by atoms with Crippen molar-refractivity contribution in [1.29, 1.82) is 0 Å². The lowest BCUT2D eigenvalue weighted by atomic mass is 10.2. The minimum absolute atomic E-state index is 0.0250. The molecule has 164 valence electrons. The summed E-state index contributed by atoms with van der Waals surface area (Å²) in [7, 11) is -3.98. The first kappa shape index (κ1) is 21.7. The fraction of sp³-hybridized carbons (Fsp3) is 0.0870. The van der Waals surface area contributed by atoms with E-state index >= 15 is 0 Å². The van der Waals surface area contributed by atoms with Gasteiger partial charge in [0.1, 0.15) is 0 Å². The zero-order chi connectivity index (χ0) is 22.7. The largest absolute Gasteiger partial charge is 0.454 e. The molecule has 0 saturated heterocycles. The Bertz CT molecular complexity index is 1280. The molecule has 1 N–H and O–H groups in total. The number of halogens is 1. The molecule has 3 aromatic rings. The molecule has 1 aliphatic heterocycles. The van der Waals surface area contributed by atoms with Crippen LogP contribution in [-0.4, -0.2) is 27.7 Å². The van der Waals surface area contributed by atoms with E-state index in [1.54, 1.807) is 48.5 Å². The predicted octanol–water partition coefficient (Wildman–Crippen LogP) is 4.70. The third-order valence-corrected chi connectivity index (χ3v) is 6.86. The van der Waals surface area contributed by atoms with Gasteiger partial charge in [-0.05, 0) is 42.5 Å². The van der Waals surface area contributed by atoms with Crippen LogP contribution in [0.2, 0.25) is 5.02 Å². The molecule has 0 radical (unpaired) electrons. The summed E-state index contributed by atoms with van der Waals surface area (Å²) in [5.74, 6) is 0.534. The van der Waals surface area contributed by atoms with Crippen LogP contribution < -0.4 is 19.1 Å². The van der Waals surface area contributed by atoms with Crippen LogP contribution in [0.5, 0.6) is 11.5 Å². The number of ether oxygens (including phenoxy) is 2. The molecular weight excluding hydrogens is 452 g/mol. The second kappa shape index (κ2) is 8.94. The zero-order valence-corrected chi connectivity index (χ0v) is 18.4. The van der Waals surface area contributed by atoms with Crippen LogP contribution in [-0.2, 0) is 10.0 Å². The normalized spacial score (nSPS) is 12.3. The summed E-state index contributed by atoms with van der Waals surface area (Å²) >= 11 is 6.23. The number of benzene rings is 3. The number of carbonyl (C=O) groups is 1. The lowest BCUT2D eigenvalue weighted by Crippen LogP contribution is -2.31. The van der Waals surface area contributed by atoms with E-state index in [0.29, 0.717) is 22.9 Å². The highest BCUT2D eigenvalue weighted by atomic mass is 35.5. The van der Waals surface area contributed by atoms with E-state index in [1.165, 1.54) is 28.6 Å². The van der Waals surface area contributed by atoms with Gasteiger partial charge in [0.2, 0.25) is 6.79 Å². The Hall–Kier alpha value is -3.49. The lowest BCUT2D eigenvalue weighted by Gasteiger charge is -2.23. The van der Waals surface area contributed by atoms with Crippen molar-refractivity contribution in [2.75, 3.05) is 23.0 Å². The summed E-state index contributed by atoms with van der Waals surface area (Å²) in [5.41, 5.74) is 0.965. The maximum Gasteiger partial charge on any atom is 0.264 e. The number of carbonyl (C=O) groups excluding carboxylic acids is 1. The Morgan fingerprint density at radius 2 is 1.81 bits per heavy atom. The number of amides is 1. The van der Waals surface area contributed by atoms with Gasteiger partial charge in [0.15, 0.2) is 11.5 Å². The van der Waals surface area contributed by atoms with Crippen molar-refractivity contribution in [2.45, 2.75) is 4.90 Å². The summed E-state index contributed by atoms with van der Waals surface area (Å²) in [4.78, 5) is 12.8. The molecule has 3 aromatic carbocycles. The zero-order valence-electron chi connectivity index (χ0n) is 16.8. The number of nitrogens with one attached hydrogen (secondary N) is 1. The third-order valence-electron chi connectivity index (χ3n) is 4.74. The average molecular weight is 471 g/mol. The van der Waals surface area contributed by atoms with Crippen molar-refractivity contribution >= 4 is 38.9 Å². The van der Waals surface area contributed by atoms with E-state index in [0.717, 1.165) is 0 Å².